The van der Waals surface area contributed by atoms with Gasteiger partial charge >= 0.3 is 0 Å². The monoisotopic (exact) mass is 269 g/mol. The zero-order valence-electron chi connectivity index (χ0n) is 12.4. The molecule has 0 saturated heterocycles. The number of hydrogen-bond acceptors (Lipinski definition) is 2. The maximum absolute atomic E-state index is 4.61. The van der Waals surface area contributed by atoms with Crippen LogP contribution >= 0.6 is 0 Å². The van der Waals surface area contributed by atoms with E-state index in [1.165, 1.54) is 41.0 Å². The molecule has 0 spiro atoms. The van der Waals surface area contributed by atoms with E-state index in [0.717, 1.165) is 25.9 Å². The smallest absolute Gasteiger partial charge is 0.0997 e. The second-order valence-electron chi connectivity index (χ2n) is 5.62. The SMILES string of the molecule is CCNCc1ccc(C)c(-n2cnc3c2CCCC3)c1. The summed E-state index contributed by atoms with van der Waals surface area (Å²) in [5.74, 6) is 0. The molecule has 0 radical (unpaired) electrons. The summed E-state index contributed by atoms with van der Waals surface area (Å²) < 4.78 is 2.30. The average molecular weight is 269 g/mol. The summed E-state index contributed by atoms with van der Waals surface area (Å²) in [4.78, 5) is 4.61. The van der Waals surface area contributed by atoms with Crippen LogP contribution in [0.3, 0.4) is 0 Å². The largest absolute Gasteiger partial charge is 0.313 e. The number of benzene rings is 1. The van der Waals surface area contributed by atoms with E-state index in [9.17, 15) is 0 Å². The minimum atomic E-state index is 0.931. The predicted octanol–water partition coefficient (Wildman–Crippen LogP) is 3.17. The topological polar surface area (TPSA) is 29.9 Å². The molecule has 2 aromatic rings. The summed E-state index contributed by atoms with van der Waals surface area (Å²) in [6, 6.07) is 6.73. The van der Waals surface area contributed by atoms with Crippen LogP contribution in [0.15, 0.2) is 24.5 Å². The second kappa shape index (κ2) is 5.80. The normalized spacial score (nSPS) is 14.3. The first-order chi connectivity index (χ1) is 9.79. The second-order valence-corrected chi connectivity index (χ2v) is 5.62. The number of aromatic nitrogens is 2. The van der Waals surface area contributed by atoms with Gasteiger partial charge in [0.2, 0.25) is 0 Å². The highest BCUT2D eigenvalue weighted by atomic mass is 15.1. The van der Waals surface area contributed by atoms with Crippen molar-refractivity contribution >= 4 is 0 Å². The molecular weight excluding hydrogens is 246 g/mol. The van der Waals surface area contributed by atoms with Crippen LogP contribution in [0.5, 0.6) is 0 Å². The molecule has 1 aromatic carbocycles. The molecule has 0 fully saturated rings. The zero-order valence-corrected chi connectivity index (χ0v) is 12.4. The lowest BCUT2D eigenvalue weighted by Crippen LogP contribution is -2.13. The Hall–Kier alpha value is -1.61. The molecule has 1 aromatic heterocycles. The van der Waals surface area contributed by atoms with Crippen molar-refractivity contribution in [3.8, 4) is 5.69 Å². The Balaban J connectivity index is 1.98. The lowest BCUT2D eigenvalue weighted by Gasteiger charge is -2.16. The minimum Gasteiger partial charge on any atom is -0.313 e. The van der Waals surface area contributed by atoms with Crippen molar-refractivity contribution in [2.75, 3.05) is 6.54 Å². The molecule has 3 rings (SSSR count). The first kappa shape index (κ1) is 13.4. The van der Waals surface area contributed by atoms with Crippen molar-refractivity contribution in [1.29, 1.82) is 0 Å². The fraction of sp³-hybridized carbons (Fsp3) is 0.471. The lowest BCUT2D eigenvalue weighted by molar-refractivity contribution is 0.655. The third-order valence-corrected chi connectivity index (χ3v) is 4.14. The van der Waals surface area contributed by atoms with Crippen molar-refractivity contribution < 1.29 is 0 Å². The van der Waals surface area contributed by atoms with Gasteiger partial charge in [0.15, 0.2) is 0 Å². The molecule has 3 heteroatoms. The number of nitrogens with zero attached hydrogens (tertiary/aromatic N) is 2. The Kier molecular flexibility index (Phi) is 3.88. The third-order valence-electron chi connectivity index (χ3n) is 4.14. The summed E-state index contributed by atoms with van der Waals surface area (Å²) in [7, 11) is 0. The quantitative estimate of drug-likeness (QED) is 0.924. The van der Waals surface area contributed by atoms with Gasteiger partial charge in [0.25, 0.3) is 0 Å². The highest BCUT2D eigenvalue weighted by Crippen LogP contribution is 2.25. The van der Waals surface area contributed by atoms with Crippen LogP contribution in [-0.4, -0.2) is 16.1 Å². The fourth-order valence-electron chi connectivity index (χ4n) is 2.97. The molecule has 1 heterocycles. The van der Waals surface area contributed by atoms with E-state index in [4.69, 9.17) is 0 Å². The molecule has 1 aliphatic carbocycles. The van der Waals surface area contributed by atoms with E-state index in [1.807, 2.05) is 6.33 Å². The van der Waals surface area contributed by atoms with Crippen molar-refractivity contribution in [1.82, 2.24) is 14.9 Å². The van der Waals surface area contributed by atoms with E-state index in [2.05, 4.69) is 46.9 Å². The van der Waals surface area contributed by atoms with Gasteiger partial charge in [-0.2, -0.15) is 0 Å². The lowest BCUT2D eigenvalue weighted by atomic mass is 10.0. The number of rotatable bonds is 4. The molecule has 0 atom stereocenters. The summed E-state index contributed by atoms with van der Waals surface area (Å²) >= 11 is 0. The third kappa shape index (κ3) is 2.50. The maximum atomic E-state index is 4.61. The highest BCUT2D eigenvalue weighted by Gasteiger charge is 2.17. The molecule has 1 N–H and O–H groups in total. The molecular formula is C17H23N3. The van der Waals surface area contributed by atoms with Crippen LogP contribution in [0.4, 0.5) is 0 Å². The van der Waals surface area contributed by atoms with Gasteiger partial charge in [0.1, 0.15) is 0 Å². The van der Waals surface area contributed by atoms with Gasteiger partial charge in [0.05, 0.1) is 12.0 Å². The average Bonchev–Trinajstić information content (AvgIpc) is 2.90. The van der Waals surface area contributed by atoms with E-state index >= 15 is 0 Å². The van der Waals surface area contributed by atoms with Crippen LogP contribution in [0, 0.1) is 6.92 Å². The minimum absolute atomic E-state index is 0.931. The Labute approximate surface area is 121 Å². The van der Waals surface area contributed by atoms with E-state index in [1.54, 1.807) is 0 Å². The number of aryl methyl sites for hydroxylation is 2. The summed E-state index contributed by atoms with van der Waals surface area (Å²) in [5.41, 5.74) is 6.66. The molecule has 106 valence electrons. The van der Waals surface area contributed by atoms with Crippen LogP contribution in [0.2, 0.25) is 0 Å². The van der Waals surface area contributed by atoms with Crippen molar-refractivity contribution in [3.63, 3.8) is 0 Å². The first-order valence-corrected chi connectivity index (χ1v) is 7.65. The predicted molar refractivity (Wildman–Crippen MR) is 82.3 cm³/mol. The van der Waals surface area contributed by atoms with E-state index < -0.39 is 0 Å². The number of nitrogens with one attached hydrogen (secondary N) is 1. The molecule has 0 aliphatic heterocycles. The molecule has 1 aliphatic rings. The summed E-state index contributed by atoms with van der Waals surface area (Å²) in [6.07, 6.45) is 6.87. The van der Waals surface area contributed by atoms with Crippen LogP contribution in [0.25, 0.3) is 5.69 Å². The van der Waals surface area contributed by atoms with E-state index in [-0.39, 0.29) is 0 Å². The van der Waals surface area contributed by atoms with Crippen molar-refractivity contribution in [3.05, 3.63) is 47.0 Å². The molecule has 0 saturated carbocycles. The molecule has 3 nitrogen and oxygen atoms in total. The number of fused-ring (bicyclic) bond motifs is 1. The van der Waals surface area contributed by atoms with Crippen molar-refractivity contribution in [2.45, 2.75) is 46.1 Å². The van der Waals surface area contributed by atoms with Crippen molar-refractivity contribution in [2.24, 2.45) is 0 Å². The Bertz CT molecular complexity index is 598. The number of imidazole rings is 1. The van der Waals surface area contributed by atoms with Gasteiger partial charge < -0.3 is 9.88 Å². The maximum Gasteiger partial charge on any atom is 0.0997 e. The standard InChI is InChI=1S/C17H23N3/c1-3-18-11-14-9-8-13(2)17(10-14)20-12-19-15-6-4-5-7-16(15)20/h8-10,12,18H,3-7,11H2,1-2H3. The molecule has 20 heavy (non-hydrogen) atoms. The van der Waals surface area contributed by atoms with Gasteiger partial charge in [-0.25, -0.2) is 4.98 Å². The van der Waals surface area contributed by atoms with Gasteiger partial charge in [0, 0.05) is 17.9 Å². The highest BCUT2D eigenvalue weighted by molar-refractivity contribution is 5.45. The van der Waals surface area contributed by atoms with Gasteiger partial charge in [-0.15, -0.1) is 0 Å². The summed E-state index contributed by atoms with van der Waals surface area (Å²) in [5, 5.41) is 3.39. The number of hydrogen-bond donors (Lipinski definition) is 1. The zero-order chi connectivity index (χ0) is 13.9. The first-order valence-electron chi connectivity index (χ1n) is 7.65. The molecule has 0 amide bonds. The van der Waals surface area contributed by atoms with Crippen LogP contribution in [-0.2, 0) is 19.4 Å². The van der Waals surface area contributed by atoms with Gasteiger partial charge in [-0.1, -0.05) is 19.1 Å². The van der Waals surface area contributed by atoms with Gasteiger partial charge in [-0.3, -0.25) is 0 Å². The Morgan fingerprint density at radius 1 is 1.25 bits per heavy atom. The van der Waals surface area contributed by atoms with Gasteiger partial charge in [-0.05, 0) is 56.3 Å². The van der Waals surface area contributed by atoms with E-state index in [0.29, 0.717) is 0 Å². The fourth-order valence-corrected chi connectivity index (χ4v) is 2.97. The Morgan fingerprint density at radius 2 is 2.10 bits per heavy atom. The van der Waals surface area contributed by atoms with Crippen LogP contribution < -0.4 is 5.32 Å². The van der Waals surface area contributed by atoms with Crippen LogP contribution in [0.1, 0.15) is 42.3 Å². The molecule has 0 bridgehead atoms. The Morgan fingerprint density at radius 3 is 2.95 bits per heavy atom. The molecule has 0 unspecified atom stereocenters. The summed E-state index contributed by atoms with van der Waals surface area (Å²) in [6.45, 7) is 6.26.